The molecule has 0 radical (unpaired) electrons. The van der Waals surface area contributed by atoms with E-state index in [0.29, 0.717) is 19.6 Å². The van der Waals surface area contributed by atoms with Crippen molar-refractivity contribution in [3.8, 4) is 0 Å². The van der Waals surface area contributed by atoms with Crippen LogP contribution in [0.1, 0.15) is 28.9 Å². The van der Waals surface area contributed by atoms with Crippen molar-refractivity contribution < 1.29 is 9.59 Å². The van der Waals surface area contributed by atoms with Crippen molar-refractivity contribution in [1.82, 2.24) is 24.6 Å². The van der Waals surface area contributed by atoms with E-state index in [-0.39, 0.29) is 24.2 Å². The number of likely N-dealkylation sites (tertiary alicyclic amines) is 1. The van der Waals surface area contributed by atoms with Gasteiger partial charge in [-0.25, -0.2) is 0 Å². The van der Waals surface area contributed by atoms with E-state index in [4.69, 9.17) is 0 Å². The average molecular weight is 355 g/mol. The number of nitrogens with zero attached hydrogens (tertiary/aromatic N) is 5. The van der Waals surface area contributed by atoms with E-state index in [1.807, 2.05) is 37.7 Å². The fourth-order valence-corrected chi connectivity index (χ4v) is 3.48. The summed E-state index contributed by atoms with van der Waals surface area (Å²) in [6, 6.07) is 3.79. The van der Waals surface area contributed by atoms with Gasteiger partial charge in [0.25, 0.3) is 0 Å². The molecule has 1 atom stereocenters. The van der Waals surface area contributed by atoms with Crippen LogP contribution in [0.15, 0.2) is 24.5 Å². The molecule has 2 amide bonds. The fraction of sp³-hybridized carbons (Fsp3) is 0.474. The number of pyridine rings is 1. The molecule has 3 rings (SSSR count). The fourth-order valence-electron chi connectivity index (χ4n) is 3.48. The van der Waals surface area contributed by atoms with Crippen molar-refractivity contribution in [2.75, 3.05) is 13.6 Å². The molecule has 1 aliphatic rings. The third-order valence-electron chi connectivity index (χ3n) is 5.09. The number of aryl methyl sites for hydroxylation is 2. The Kier molecular flexibility index (Phi) is 5.06. The molecule has 7 heteroatoms. The molecular weight excluding hydrogens is 330 g/mol. The molecule has 7 nitrogen and oxygen atoms in total. The molecule has 1 aliphatic heterocycles. The molecule has 0 bridgehead atoms. The minimum absolute atomic E-state index is 0.00897. The molecule has 1 saturated heterocycles. The second-order valence-corrected chi connectivity index (χ2v) is 7.00. The Morgan fingerprint density at radius 2 is 2.15 bits per heavy atom. The maximum atomic E-state index is 12.8. The Morgan fingerprint density at radius 1 is 1.38 bits per heavy atom. The quantitative estimate of drug-likeness (QED) is 0.814. The van der Waals surface area contributed by atoms with Crippen LogP contribution in [0.4, 0.5) is 0 Å². The molecular formula is C19H25N5O2. The van der Waals surface area contributed by atoms with Gasteiger partial charge in [0.1, 0.15) is 0 Å². The third kappa shape index (κ3) is 3.61. The SMILES string of the molecule is Cc1nn(C)c(C)c1CN(C)C(=O)[C@@H]1CC(=O)N(Cc2cccnc2)C1. The smallest absolute Gasteiger partial charge is 0.228 e. The molecule has 0 aliphatic carbocycles. The number of carbonyl (C=O) groups is 2. The van der Waals surface area contributed by atoms with Crippen molar-refractivity contribution in [3.05, 3.63) is 47.0 Å². The minimum Gasteiger partial charge on any atom is -0.341 e. The number of hydrogen-bond acceptors (Lipinski definition) is 4. The van der Waals surface area contributed by atoms with E-state index < -0.39 is 0 Å². The highest BCUT2D eigenvalue weighted by atomic mass is 16.2. The largest absolute Gasteiger partial charge is 0.341 e. The number of hydrogen-bond donors (Lipinski definition) is 0. The van der Waals surface area contributed by atoms with E-state index >= 15 is 0 Å². The van der Waals surface area contributed by atoms with Crippen LogP contribution in [0.5, 0.6) is 0 Å². The van der Waals surface area contributed by atoms with Crippen LogP contribution in [0, 0.1) is 19.8 Å². The van der Waals surface area contributed by atoms with Crippen LogP contribution in [0.2, 0.25) is 0 Å². The van der Waals surface area contributed by atoms with Crippen LogP contribution in [0.25, 0.3) is 0 Å². The topological polar surface area (TPSA) is 71.3 Å². The predicted molar refractivity (Wildman–Crippen MR) is 96.9 cm³/mol. The normalized spacial score (nSPS) is 17.0. The molecule has 2 aromatic heterocycles. The first kappa shape index (κ1) is 18.1. The summed E-state index contributed by atoms with van der Waals surface area (Å²) in [5.74, 6) is -0.259. The molecule has 0 saturated carbocycles. The number of aromatic nitrogens is 3. The summed E-state index contributed by atoms with van der Waals surface area (Å²) in [5, 5.41) is 4.40. The van der Waals surface area contributed by atoms with Crippen LogP contribution >= 0.6 is 0 Å². The van der Waals surface area contributed by atoms with E-state index in [9.17, 15) is 9.59 Å². The molecule has 2 aromatic rings. The minimum atomic E-state index is -0.290. The van der Waals surface area contributed by atoms with Gasteiger partial charge in [-0.2, -0.15) is 5.10 Å². The molecule has 138 valence electrons. The zero-order valence-electron chi connectivity index (χ0n) is 15.8. The zero-order chi connectivity index (χ0) is 18.8. The standard InChI is InChI=1S/C19H25N5O2/c1-13-17(14(2)23(4)21-13)12-22(3)19(26)16-8-18(25)24(11-16)10-15-6-5-7-20-9-15/h5-7,9,16H,8,10-12H2,1-4H3/t16-/m1/s1. The average Bonchev–Trinajstić information content (AvgIpc) is 3.09. The van der Waals surface area contributed by atoms with Crippen LogP contribution in [-0.4, -0.2) is 50.0 Å². The van der Waals surface area contributed by atoms with Crippen molar-refractivity contribution in [1.29, 1.82) is 0 Å². The summed E-state index contributed by atoms with van der Waals surface area (Å²) in [6.07, 6.45) is 3.73. The lowest BCUT2D eigenvalue weighted by Crippen LogP contribution is -2.34. The predicted octanol–water partition coefficient (Wildman–Crippen LogP) is 1.44. The molecule has 1 fully saturated rings. The maximum absolute atomic E-state index is 12.8. The highest BCUT2D eigenvalue weighted by Crippen LogP contribution is 2.23. The second kappa shape index (κ2) is 7.27. The lowest BCUT2D eigenvalue weighted by Gasteiger charge is -2.22. The summed E-state index contributed by atoms with van der Waals surface area (Å²) < 4.78 is 1.83. The van der Waals surface area contributed by atoms with Crippen molar-refractivity contribution in [2.24, 2.45) is 13.0 Å². The maximum Gasteiger partial charge on any atom is 0.228 e. The van der Waals surface area contributed by atoms with Gasteiger partial charge < -0.3 is 9.80 Å². The van der Waals surface area contributed by atoms with Gasteiger partial charge in [-0.05, 0) is 25.5 Å². The molecule has 0 unspecified atom stereocenters. The van der Waals surface area contributed by atoms with Crippen LogP contribution in [0.3, 0.4) is 0 Å². The molecule has 0 spiro atoms. The summed E-state index contributed by atoms with van der Waals surface area (Å²) in [5.41, 5.74) is 4.04. The summed E-state index contributed by atoms with van der Waals surface area (Å²) in [4.78, 5) is 32.7. The first-order chi connectivity index (χ1) is 12.4. The lowest BCUT2D eigenvalue weighted by atomic mass is 10.1. The van der Waals surface area contributed by atoms with Gasteiger partial charge in [0.05, 0.1) is 11.6 Å². The lowest BCUT2D eigenvalue weighted by molar-refractivity contribution is -0.135. The van der Waals surface area contributed by atoms with E-state index in [2.05, 4.69) is 10.1 Å². The summed E-state index contributed by atoms with van der Waals surface area (Å²) >= 11 is 0. The Balaban J connectivity index is 1.63. The summed E-state index contributed by atoms with van der Waals surface area (Å²) in [6.45, 7) is 5.43. The third-order valence-corrected chi connectivity index (χ3v) is 5.09. The Hall–Kier alpha value is -2.70. The number of amides is 2. The second-order valence-electron chi connectivity index (χ2n) is 7.00. The molecule has 26 heavy (non-hydrogen) atoms. The molecule has 0 N–H and O–H groups in total. The monoisotopic (exact) mass is 355 g/mol. The van der Waals surface area contributed by atoms with Crippen LogP contribution in [-0.2, 0) is 29.7 Å². The van der Waals surface area contributed by atoms with Gasteiger partial charge >= 0.3 is 0 Å². The Morgan fingerprint density at radius 3 is 2.77 bits per heavy atom. The number of rotatable bonds is 5. The highest BCUT2D eigenvalue weighted by molar-refractivity contribution is 5.89. The number of carbonyl (C=O) groups excluding carboxylic acids is 2. The summed E-state index contributed by atoms with van der Waals surface area (Å²) in [7, 11) is 3.70. The zero-order valence-corrected chi connectivity index (χ0v) is 15.8. The van der Waals surface area contributed by atoms with Crippen molar-refractivity contribution in [2.45, 2.75) is 33.4 Å². The van der Waals surface area contributed by atoms with Crippen LogP contribution < -0.4 is 0 Å². The first-order valence-corrected chi connectivity index (χ1v) is 8.77. The Bertz CT molecular complexity index is 815. The van der Waals surface area contributed by atoms with Gasteiger partial charge in [-0.1, -0.05) is 6.07 Å². The van der Waals surface area contributed by atoms with E-state index in [0.717, 1.165) is 22.5 Å². The van der Waals surface area contributed by atoms with E-state index in [1.165, 1.54) is 0 Å². The van der Waals surface area contributed by atoms with Gasteiger partial charge in [0.2, 0.25) is 11.8 Å². The molecule has 3 heterocycles. The molecule has 0 aromatic carbocycles. The highest BCUT2D eigenvalue weighted by Gasteiger charge is 2.35. The Labute approximate surface area is 153 Å². The van der Waals surface area contributed by atoms with Gasteiger partial charge in [0, 0.05) is 63.8 Å². The van der Waals surface area contributed by atoms with Gasteiger partial charge in [0.15, 0.2) is 0 Å². The van der Waals surface area contributed by atoms with Crippen molar-refractivity contribution in [3.63, 3.8) is 0 Å². The first-order valence-electron chi connectivity index (χ1n) is 8.77. The van der Waals surface area contributed by atoms with E-state index in [1.54, 1.807) is 29.2 Å². The van der Waals surface area contributed by atoms with Crippen molar-refractivity contribution >= 4 is 11.8 Å². The van der Waals surface area contributed by atoms with Gasteiger partial charge in [-0.3, -0.25) is 19.3 Å². The van der Waals surface area contributed by atoms with Gasteiger partial charge in [-0.15, -0.1) is 0 Å².